The zero-order chi connectivity index (χ0) is 9.14. The van der Waals surface area contributed by atoms with E-state index in [-0.39, 0.29) is 12.4 Å². The van der Waals surface area contributed by atoms with Gasteiger partial charge in [0.15, 0.2) is 0 Å². The number of halogens is 1. The number of aromatic hydroxyl groups is 1. The van der Waals surface area contributed by atoms with Crippen molar-refractivity contribution < 1.29 is 10.2 Å². The SMILES string of the molecule is Cc1ccc(CCO)c(Cl)c1O. The first-order valence-corrected chi connectivity index (χ1v) is 4.12. The molecule has 0 aromatic heterocycles. The second kappa shape index (κ2) is 3.78. The fourth-order valence-electron chi connectivity index (χ4n) is 1.02. The zero-order valence-corrected chi connectivity index (χ0v) is 7.60. The van der Waals surface area contributed by atoms with Crippen molar-refractivity contribution in [2.24, 2.45) is 0 Å². The number of phenolic OH excluding ortho intramolecular Hbond substituents is 1. The highest BCUT2D eigenvalue weighted by Crippen LogP contribution is 2.30. The maximum absolute atomic E-state index is 9.40. The number of aliphatic hydroxyl groups is 1. The van der Waals surface area contributed by atoms with E-state index in [2.05, 4.69) is 0 Å². The van der Waals surface area contributed by atoms with Crippen molar-refractivity contribution in [1.29, 1.82) is 0 Å². The summed E-state index contributed by atoms with van der Waals surface area (Å²) in [4.78, 5) is 0. The van der Waals surface area contributed by atoms with Crippen LogP contribution in [0.1, 0.15) is 11.1 Å². The Morgan fingerprint density at radius 2 is 2.08 bits per heavy atom. The number of phenols is 1. The van der Waals surface area contributed by atoms with Gasteiger partial charge in [0.1, 0.15) is 5.75 Å². The van der Waals surface area contributed by atoms with Crippen LogP contribution in [0.3, 0.4) is 0 Å². The Hall–Kier alpha value is -0.730. The summed E-state index contributed by atoms with van der Waals surface area (Å²) in [6.45, 7) is 1.83. The number of hydrogen-bond acceptors (Lipinski definition) is 2. The van der Waals surface area contributed by atoms with Gasteiger partial charge in [0, 0.05) is 6.61 Å². The highest BCUT2D eigenvalue weighted by molar-refractivity contribution is 6.32. The van der Waals surface area contributed by atoms with E-state index in [1.54, 1.807) is 13.0 Å². The lowest BCUT2D eigenvalue weighted by molar-refractivity contribution is 0.299. The Kier molecular flexibility index (Phi) is 2.95. The molecule has 1 aromatic rings. The Balaban J connectivity index is 3.08. The van der Waals surface area contributed by atoms with Crippen molar-refractivity contribution in [2.45, 2.75) is 13.3 Å². The average Bonchev–Trinajstić information content (AvgIpc) is 2.07. The molecule has 0 aliphatic carbocycles. The van der Waals surface area contributed by atoms with Crippen LogP contribution in [-0.4, -0.2) is 16.8 Å². The summed E-state index contributed by atoms with van der Waals surface area (Å²) in [7, 11) is 0. The highest BCUT2D eigenvalue weighted by atomic mass is 35.5. The van der Waals surface area contributed by atoms with Gasteiger partial charge in [-0.3, -0.25) is 0 Å². The largest absolute Gasteiger partial charge is 0.506 e. The van der Waals surface area contributed by atoms with Gasteiger partial charge in [0.05, 0.1) is 5.02 Å². The van der Waals surface area contributed by atoms with Crippen LogP contribution < -0.4 is 0 Å². The second-order valence-corrected chi connectivity index (χ2v) is 3.06. The van der Waals surface area contributed by atoms with Gasteiger partial charge in [-0.2, -0.15) is 0 Å². The summed E-state index contributed by atoms with van der Waals surface area (Å²) in [5.74, 6) is 0.114. The molecule has 66 valence electrons. The zero-order valence-electron chi connectivity index (χ0n) is 6.84. The molecule has 0 unspecified atom stereocenters. The molecule has 0 fully saturated rings. The molecule has 0 saturated heterocycles. The maximum Gasteiger partial charge on any atom is 0.137 e. The first-order chi connectivity index (χ1) is 5.66. The van der Waals surface area contributed by atoms with Gasteiger partial charge < -0.3 is 10.2 Å². The molecule has 0 saturated carbocycles. The third kappa shape index (κ3) is 1.71. The molecule has 0 atom stereocenters. The van der Waals surface area contributed by atoms with E-state index >= 15 is 0 Å². The maximum atomic E-state index is 9.40. The number of aliphatic hydroxyl groups excluding tert-OH is 1. The van der Waals surface area contributed by atoms with Crippen LogP contribution in [-0.2, 0) is 6.42 Å². The molecule has 0 radical (unpaired) electrons. The van der Waals surface area contributed by atoms with Crippen LogP contribution in [0.4, 0.5) is 0 Å². The fraction of sp³-hybridized carbons (Fsp3) is 0.333. The Bertz CT molecular complexity index is 284. The van der Waals surface area contributed by atoms with E-state index < -0.39 is 0 Å². The molecule has 0 heterocycles. The molecular formula is C9H11ClO2. The van der Waals surface area contributed by atoms with E-state index in [9.17, 15) is 5.11 Å². The molecule has 1 aromatic carbocycles. The van der Waals surface area contributed by atoms with Crippen molar-refractivity contribution >= 4 is 11.6 Å². The lowest BCUT2D eigenvalue weighted by Crippen LogP contribution is -1.92. The van der Waals surface area contributed by atoms with E-state index in [1.807, 2.05) is 6.07 Å². The van der Waals surface area contributed by atoms with E-state index in [1.165, 1.54) is 0 Å². The smallest absolute Gasteiger partial charge is 0.137 e. The van der Waals surface area contributed by atoms with Gasteiger partial charge in [-0.1, -0.05) is 23.7 Å². The minimum absolute atomic E-state index is 0.0439. The molecule has 0 aliphatic heterocycles. The van der Waals surface area contributed by atoms with Gasteiger partial charge in [-0.05, 0) is 24.5 Å². The number of benzene rings is 1. The van der Waals surface area contributed by atoms with Crippen molar-refractivity contribution in [3.05, 3.63) is 28.3 Å². The quantitative estimate of drug-likeness (QED) is 0.741. The molecule has 2 N–H and O–H groups in total. The lowest BCUT2D eigenvalue weighted by Gasteiger charge is -2.06. The summed E-state index contributed by atoms with van der Waals surface area (Å²) in [5, 5.41) is 18.4. The van der Waals surface area contributed by atoms with Crippen molar-refractivity contribution in [3.8, 4) is 5.75 Å². The first kappa shape index (κ1) is 9.36. The third-order valence-corrected chi connectivity index (χ3v) is 2.20. The Morgan fingerprint density at radius 3 is 2.67 bits per heavy atom. The van der Waals surface area contributed by atoms with Crippen LogP contribution in [0, 0.1) is 6.92 Å². The number of aryl methyl sites for hydroxylation is 1. The van der Waals surface area contributed by atoms with Crippen LogP contribution in [0.2, 0.25) is 5.02 Å². The molecular weight excluding hydrogens is 176 g/mol. The summed E-state index contributed by atoms with van der Waals surface area (Å²) in [5.41, 5.74) is 1.53. The van der Waals surface area contributed by atoms with Crippen LogP contribution in [0.5, 0.6) is 5.75 Å². The Morgan fingerprint density at radius 1 is 1.42 bits per heavy atom. The minimum atomic E-state index is 0.0439. The molecule has 3 heteroatoms. The summed E-state index contributed by atoms with van der Waals surface area (Å²) in [6, 6.07) is 3.60. The fourth-order valence-corrected chi connectivity index (χ4v) is 1.32. The average molecular weight is 187 g/mol. The normalized spacial score (nSPS) is 10.2. The van der Waals surface area contributed by atoms with Crippen molar-refractivity contribution in [3.63, 3.8) is 0 Å². The number of rotatable bonds is 2. The predicted molar refractivity (Wildman–Crippen MR) is 48.6 cm³/mol. The summed E-state index contributed by atoms with van der Waals surface area (Å²) < 4.78 is 0. The van der Waals surface area contributed by atoms with E-state index in [0.29, 0.717) is 11.4 Å². The number of hydrogen-bond donors (Lipinski definition) is 2. The molecule has 0 aliphatic rings. The monoisotopic (exact) mass is 186 g/mol. The molecule has 0 spiro atoms. The highest BCUT2D eigenvalue weighted by Gasteiger charge is 2.06. The lowest BCUT2D eigenvalue weighted by atomic mass is 10.1. The van der Waals surface area contributed by atoms with E-state index in [0.717, 1.165) is 11.1 Å². The van der Waals surface area contributed by atoms with Crippen molar-refractivity contribution in [1.82, 2.24) is 0 Å². The van der Waals surface area contributed by atoms with Gasteiger partial charge >= 0.3 is 0 Å². The van der Waals surface area contributed by atoms with Gasteiger partial charge in [-0.15, -0.1) is 0 Å². The summed E-state index contributed by atoms with van der Waals surface area (Å²) in [6.07, 6.45) is 0.479. The second-order valence-electron chi connectivity index (χ2n) is 2.68. The molecule has 1 rings (SSSR count). The Labute approximate surface area is 76.4 Å². The van der Waals surface area contributed by atoms with Crippen LogP contribution >= 0.6 is 11.6 Å². The predicted octanol–water partition coefficient (Wildman–Crippen LogP) is 1.89. The van der Waals surface area contributed by atoms with Crippen molar-refractivity contribution in [2.75, 3.05) is 6.61 Å². The van der Waals surface area contributed by atoms with Gasteiger partial charge in [0.25, 0.3) is 0 Å². The summed E-state index contributed by atoms with van der Waals surface area (Å²) >= 11 is 5.82. The third-order valence-electron chi connectivity index (χ3n) is 1.78. The minimum Gasteiger partial charge on any atom is -0.506 e. The molecule has 12 heavy (non-hydrogen) atoms. The van der Waals surface area contributed by atoms with Gasteiger partial charge in [-0.25, -0.2) is 0 Å². The van der Waals surface area contributed by atoms with Crippen LogP contribution in [0.15, 0.2) is 12.1 Å². The van der Waals surface area contributed by atoms with E-state index in [4.69, 9.17) is 16.7 Å². The molecule has 0 bridgehead atoms. The van der Waals surface area contributed by atoms with Gasteiger partial charge in [0.2, 0.25) is 0 Å². The first-order valence-electron chi connectivity index (χ1n) is 3.74. The van der Waals surface area contributed by atoms with Crippen LogP contribution in [0.25, 0.3) is 0 Å². The standard InChI is InChI=1S/C9H11ClO2/c1-6-2-3-7(4-5-11)8(10)9(6)12/h2-3,11-12H,4-5H2,1H3. The topological polar surface area (TPSA) is 40.5 Å². The molecule has 0 amide bonds. The molecule has 2 nitrogen and oxygen atoms in total.